The van der Waals surface area contributed by atoms with E-state index in [2.05, 4.69) is 20.3 Å². The van der Waals surface area contributed by atoms with E-state index in [4.69, 9.17) is 29.2 Å². The first-order valence-corrected chi connectivity index (χ1v) is 20.4. The number of carbonyl (C=O) groups is 4. The van der Waals surface area contributed by atoms with Gasteiger partial charge in [0.15, 0.2) is 0 Å². The Labute approximate surface area is 324 Å². The van der Waals surface area contributed by atoms with Gasteiger partial charge in [-0.15, -0.1) is 0 Å². The molecule has 308 valence electrons. The summed E-state index contributed by atoms with van der Waals surface area (Å²) in [6.45, 7) is 1.15. The summed E-state index contributed by atoms with van der Waals surface area (Å²) in [4.78, 5) is 49.4. The molecule has 17 heteroatoms. The maximum Gasteiger partial charge on any atom is 0.329 e. The van der Waals surface area contributed by atoms with E-state index in [-0.39, 0.29) is 94.5 Å². The molecule has 16 nitrogen and oxygen atoms in total. The third-order valence-electron chi connectivity index (χ3n) is 8.13. The number of unbranched alkanes of at least 4 members (excludes halogenated alkanes) is 10. The molecule has 1 aromatic carbocycles. The van der Waals surface area contributed by atoms with Crippen molar-refractivity contribution in [2.24, 2.45) is 0 Å². The average molecular weight is 795 g/mol. The zero-order valence-corrected chi connectivity index (χ0v) is 32.5. The zero-order valence-electron chi connectivity index (χ0n) is 31.6. The number of carbonyl (C=O) groups excluding carboxylic acids is 2. The van der Waals surface area contributed by atoms with Crippen LogP contribution in [0.25, 0.3) is 0 Å². The lowest BCUT2D eigenvalue weighted by atomic mass is 10.0. The van der Waals surface area contributed by atoms with E-state index >= 15 is 0 Å². The number of aromatic nitrogens is 1. The Kier molecular flexibility index (Phi) is 24.9. The van der Waals surface area contributed by atoms with Crippen LogP contribution in [-0.2, 0) is 49.8 Å². The minimum atomic E-state index is -3.88. The van der Waals surface area contributed by atoms with Crippen LogP contribution in [0.3, 0.4) is 0 Å². The molecule has 0 atom stereocenters. The lowest BCUT2D eigenvalue weighted by Gasteiger charge is -2.10. The molecule has 0 spiro atoms. The predicted molar refractivity (Wildman–Crippen MR) is 204 cm³/mol. The molecule has 0 fully saturated rings. The monoisotopic (exact) mass is 794 g/mol. The number of ether oxygens (including phenoxy) is 4. The van der Waals surface area contributed by atoms with Crippen LogP contribution in [0.15, 0.2) is 47.5 Å². The maximum atomic E-state index is 13.1. The Morgan fingerprint density at radius 3 is 1.82 bits per heavy atom. The molecule has 5 N–H and O–H groups in total. The third kappa shape index (κ3) is 24.1. The molecule has 0 aliphatic heterocycles. The number of aliphatic carboxylic acids is 2. The van der Waals surface area contributed by atoms with Gasteiger partial charge in [-0.05, 0) is 49.1 Å². The Hall–Kier alpha value is -4.16. The van der Waals surface area contributed by atoms with Crippen molar-refractivity contribution in [3.63, 3.8) is 0 Å². The highest BCUT2D eigenvalue weighted by Gasteiger charge is 2.16. The highest BCUT2D eigenvalue weighted by Crippen LogP contribution is 2.18. The number of rotatable bonds is 34. The van der Waals surface area contributed by atoms with Gasteiger partial charge in [0.05, 0.1) is 50.1 Å². The van der Waals surface area contributed by atoms with E-state index in [0.29, 0.717) is 0 Å². The van der Waals surface area contributed by atoms with Crippen LogP contribution in [0.1, 0.15) is 93.0 Å². The lowest BCUT2D eigenvalue weighted by molar-refractivity contribution is -0.143. The van der Waals surface area contributed by atoms with Crippen LogP contribution in [0.4, 0.5) is 5.82 Å². The van der Waals surface area contributed by atoms with Crippen LogP contribution in [0, 0.1) is 0 Å². The van der Waals surface area contributed by atoms with Crippen LogP contribution >= 0.6 is 0 Å². The molecule has 2 rings (SSSR count). The van der Waals surface area contributed by atoms with E-state index in [0.717, 1.165) is 56.9 Å². The van der Waals surface area contributed by atoms with E-state index < -0.39 is 27.9 Å². The first kappa shape index (κ1) is 47.0. The summed E-state index contributed by atoms with van der Waals surface area (Å²) in [5, 5.41) is 22.4. The summed E-state index contributed by atoms with van der Waals surface area (Å²) in [5.41, 5.74) is 1.20. The summed E-state index contributed by atoms with van der Waals surface area (Å²) in [6.07, 6.45) is 14.3. The van der Waals surface area contributed by atoms with Gasteiger partial charge >= 0.3 is 11.9 Å². The molecule has 1 aromatic heterocycles. The molecule has 55 heavy (non-hydrogen) atoms. The second-order valence-corrected chi connectivity index (χ2v) is 14.5. The number of nitrogens with one attached hydrogen (secondary N) is 3. The number of hydrogen-bond donors (Lipinski definition) is 5. The summed E-state index contributed by atoms with van der Waals surface area (Å²) in [7, 11) is -3.88. The fourth-order valence-electron chi connectivity index (χ4n) is 5.27. The summed E-state index contributed by atoms with van der Waals surface area (Å²) in [5.74, 6) is -2.40. The summed E-state index contributed by atoms with van der Waals surface area (Å²) in [6, 6.07) is 9.78. The summed E-state index contributed by atoms with van der Waals surface area (Å²) >= 11 is 0. The number of anilines is 1. The van der Waals surface area contributed by atoms with Gasteiger partial charge < -0.3 is 39.8 Å². The van der Waals surface area contributed by atoms with Crippen molar-refractivity contribution in [1.82, 2.24) is 15.6 Å². The molecule has 0 aliphatic carbocycles. The van der Waals surface area contributed by atoms with Crippen LogP contribution in [-0.4, -0.2) is 113 Å². The van der Waals surface area contributed by atoms with E-state index in [9.17, 15) is 27.6 Å². The minimum Gasteiger partial charge on any atom is -0.481 e. The van der Waals surface area contributed by atoms with E-state index in [1.807, 2.05) is 6.07 Å². The Morgan fingerprint density at radius 1 is 0.636 bits per heavy atom. The third-order valence-corrected chi connectivity index (χ3v) is 9.49. The van der Waals surface area contributed by atoms with Gasteiger partial charge in [-0.1, -0.05) is 69.9 Å². The second kappa shape index (κ2) is 29.2. The van der Waals surface area contributed by atoms with Crippen LogP contribution < -0.4 is 15.4 Å². The minimum absolute atomic E-state index is 0.0885. The van der Waals surface area contributed by atoms with E-state index in [1.165, 1.54) is 50.1 Å². The molecule has 0 aliphatic rings. The number of carboxylic acids is 2. The quantitative estimate of drug-likeness (QED) is 0.0627. The first-order chi connectivity index (χ1) is 26.6. The van der Waals surface area contributed by atoms with Gasteiger partial charge in [-0.25, -0.2) is 18.2 Å². The fraction of sp³-hybridized carbons (Fsp3) is 0.605. The number of pyridine rings is 1. The molecule has 2 aromatic rings. The fourth-order valence-corrected chi connectivity index (χ4v) is 6.34. The topological polar surface area (TPSA) is 229 Å². The number of nitrogens with zero attached hydrogens (tertiary/aromatic N) is 1. The summed E-state index contributed by atoms with van der Waals surface area (Å²) < 4.78 is 49.3. The Bertz CT molecular complexity index is 1510. The van der Waals surface area contributed by atoms with Crippen molar-refractivity contribution in [3.8, 4) is 0 Å². The highest BCUT2D eigenvalue weighted by molar-refractivity contribution is 7.92. The molecule has 1 heterocycles. The van der Waals surface area contributed by atoms with Crippen molar-refractivity contribution in [2.75, 3.05) is 70.7 Å². The number of hydrogen-bond acceptors (Lipinski definition) is 11. The number of carboxylic acid groups (broad SMARTS) is 2. The van der Waals surface area contributed by atoms with Crippen molar-refractivity contribution in [1.29, 1.82) is 0 Å². The molecule has 2 amide bonds. The van der Waals surface area contributed by atoms with Gasteiger partial charge in [-0.2, -0.15) is 0 Å². The molecular weight excluding hydrogens is 737 g/mol. The van der Waals surface area contributed by atoms with Gasteiger partial charge in [-0.3, -0.25) is 19.1 Å². The zero-order chi connectivity index (χ0) is 40.0. The Balaban J connectivity index is 1.54. The highest BCUT2D eigenvalue weighted by atomic mass is 32.2. The van der Waals surface area contributed by atoms with Crippen molar-refractivity contribution >= 4 is 39.6 Å². The SMILES string of the molecule is O=C(O)CCCCCCCCCCCCCc1cccc(S(=O)(=O)Nc2ccc(C(=O)NCCOCCOCC(=O)NCCOCCOCC(=O)O)cn2)c1. The molecule has 0 radical (unpaired) electrons. The van der Waals surface area contributed by atoms with E-state index in [1.54, 1.807) is 12.1 Å². The number of amides is 2. The lowest BCUT2D eigenvalue weighted by Crippen LogP contribution is -2.31. The molecular formula is C38H58N4O12S. The van der Waals surface area contributed by atoms with Gasteiger partial charge in [0.25, 0.3) is 15.9 Å². The maximum absolute atomic E-state index is 13.1. The number of aryl methyl sites for hydroxylation is 1. The predicted octanol–water partition coefficient (Wildman–Crippen LogP) is 4.19. The molecule has 0 unspecified atom stereocenters. The largest absolute Gasteiger partial charge is 0.481 e. The standard InChI is InChI=1S/C38H58N4O12S/c43-35(39-19-21-51-24-26-54-30-37(46)47)29-53-25-23-52-22-20-40-38(48)32-17-18-34(41-28-32)42-55(49,50)33-15-12-14-31(27-33)13-10-8-6-4-2-1-3-5-7-9-11-16-36(44)45/h12,14-15,17-18,27-28H,1-11,13,16,19-26,29-30H2,(H,39,43)(H,40,48)(H,41,42)(H,44,45)(H,46,47). The Morgan fingerprint density at radius 2 is 1.22 bits per heavy atom. The van der Waals surface area contributed by atoms with Crippen molar-refractivity contribution in [2.45, 2.75) is 88.4 Å². The van der Waals surface area contributed by atoms with Crippen LogP contribution in [0.2, 0.25) is 0 Å². The number of sulfonamides is 1. The van der Waals surface area contributed by atoms with Crippen molar-refractivity contribution in [3.05, 3.63) is 53.7 Å². The molecule has 0 saturated carbocycles. The smallest absolute Gasteiger partial charge is 0.329 e. The van der Waals surface area contributed by atoms with Crippen molar-refractivity contribution < 1.29 is 56.8 Å². The van der Waals surface area contributed by atoms with Gasteiger partial charge in [0.1, 0.15) is 19.0 Å². The molecule has 0 saturated heterocycles. The number of benzene rings is 1. The first-order valence-electron chi connectivity index (χ1n) is 18.9. The molecule has 0 bridgehead atoms. The van der Waals surface area contributed by atoms with Crippen LogP contribution in [0.5, 0.6) is 0 Å². The normalized spacial score (nSPS) is 11.3. The van der Waals surface area contributed by atoms with Gasteiger partial charge in [0.2, 0.25) is 5.91 Å². The second-order valence-electron chi connectivity index (χ2n) is 12.8. The average Bonchev–Trinajstić information content (AvgIpc) is 3.15. The van der Waals surface area contributed by atoms with Gasteiger partial charge in [0, 0.05) is 25.7 Å².